The second kappa shape index (κ2) is 5.08. The van der Waals surface area contributed by atoms with Crippen LogP contribution in [-0.4, -0.2) is 19.4 Å². The van der Waals surface area contributed by atoms with Crippen molar-refractivity contribution in [2.24, 2.45) is 5.92 Å². The van der Waals surface area contributed by atoms with E-state index in [1.165, 1.54) is 0 Å². The molecule has 0 atom stereocenters. The minimum absolute atomic E-state index is 0.424. The zero-order chi connectivity index (χ0) is 13.2. The molecule has 1 heterocycles. The normalized spacial score (nSPS) is 17.0. The van der Waals surface area contributed by atoms with E-state index in [1.807, 2.05) is 24.5 Å². The van der Waals surface area contributed by atoms with Gasteiger partial charge in [-0.25, -0.2) is 0 Å². The molecule has 1 saturated carbocycles. The van der Waals surface area contributed by atoms with Gasteiger partial charge in [0.2, 0.25) is 0 Å². The number of fused-ring (bicyclic) bond motifs is 1. The van der Waals surface area contributed by atoms with E-state index in [0.717, 1.165) is 48.9 Å². The predicted molar refractivity (Wildman–Crippen MR) is 76.4 cm³/mol. The Hall–Kier alpha value is -1.77. The summed E-state index contributed by atoms with van der Waals surface area (Å²) in [7, 11) is 2.10. The Bertz CT molecular complexity index is 577. The van der Waals surface area contributed by atoms with Crippen LogP contribution in [0.5, 0.6) is 0 Å². The second-order valence-electron chi connectivity index (χ2n) is 5.48. The van der Waals surface area contributed by atoms with Crippen LogP contribution in [0.1, 0.15) is 25.7 Å². The maximum absolute atomic E-state index is 11.3. The third-order valence-electron chi connectivity index (χ3n) is 4.07. The Kier molecular flexibility index (Phi) is 3.28. The highest BCUT2D eigenvalue weighted by Gasteiger charge is 2.21. The quantitative estimate of drug-likeness (QED) is 0.842. The van der Waals surface area contributed by atoms with Crippen LogP contribution in [-0.2, 0) is 4.79 Å². The van der Waals surface area contributed by atoms with Gasteiger partial charge in [-0.3, -0.25) is 4.79 Å². The maximum Gasteiger partial charge on any atom is 0.136 e. The summed E-state index contributed by atoms with van der Waals surface area (Å²) in [5.74, 6) is 1.05. The fraction of sp³-hybridized carbons (Fsp3) is 0.438. The molecule has 2 aromatic rings. The van der Waals surface area contributed by atoms with Crippen molar-refractivity contribution in [2.75, 3.05) is 18.5 Å². The number of hydrogen-bond donors (Lipinski definition) is 0. The molecule has 1 aliphatic rings. The summed E-state index contributed by atoms with van der Waals surface area (Å²) in [6.07, 6.45) is 5.39. The van der Waals surface area contributed by atoms with Crippen molar-refractivity contribution in [3.8, 4) is 0 Å². The standard InChI is InChI=1S/C16H19NO2/c1-17(10-12-6-8-13(18)9-7-12)15-11-19-16-5-3-2-4-14(15)16/h2-5,11-12H,6-10H2,1H3. The molecule has 0 aliphatic heterocycles. The van der Waals surface area contributed by atoms with Gasteiger partial charge in [-0.05, 0) is 30.9 Å². The molecule has 3 nitrogen and oxygen atoms in total. The van der Waals surface area contributed by atoms with Crippen molar-refractivity contribution in [3.63, 3.8) is 0 Å². The number of Topliss-reactive ketones (excluding diaryl/α,β-unsaturated/α-hetero) is 1. The third-order valence-corrected chi connectivity index (χ3v) is 4.07. The first kappa shape index (κ1) is 12.3. The smallest absolute Gasteiger partial charge is 0.136 e. The van der Waals surface area contributed by atoms with Crippen LogP contribution in [0.25, 0.3) is 11.0 Å². The molecule has 0 radical (unpaired) electrons. The van der Waals surface area contributed by atoms with Crippen molar-refractivity contribution >= 4 is 22.4 Å². The molecular formula is C16H19NO2. The largest absolute Gasteiger partial charge is 0.462 e. The Labute approximate surface area is 113 Å². The summed E-state index contributed by atoms with van der Waals surface area (Å²) in [4.78, 5) is 13.5. The van der Waals surface area contributed by atoms with Crippen LogP contribution < -0.4 is 4.90 Å². The molecule has 1 aromatic carbocycles. The maximum atomic E-state index is 11.3. The summed E-state index contributed by atoms with van der Waals surface area (Å²) < 4.78 is 5.58. The first-order valence-electron chi connectivity index (χ1n) is 6.93. The Morgan fingerprint density at radius 1 is 1.26 bits per heavy atom. The summed E-state index contributed by atoms with van der Waals surface area (Å²) in [6.45, 7) is 0.997. The third kappa shape index (κ3) is 2.50. The molecule has 100 valence electrons. The number of benzene rings is 1. The molecule has 0 amide bonds. The Morgan fingerprint density at radius 2 is 2.00 bits per heavy atom. The van der Waals surface area contributed by atoms with Crippen molar-refractivity contribution in [1.82, 2.24) is 0 Å². The van der Waals surface area contributed by atoms with E-state index in [2.05, 4.69) is 18.0 Å². The average molecular weight is 257 g/mol. The van der Waals surface area contributed by atoms with Gasteiger partial charge >= 0.3 is 0 Å². The number of rotatable bonds is 3. The van der Waals surface area contributed by atoms with Crippen molar-refractivity contribution in [2.45, 2.75) is 25.7 Å². The first-order valence-corrected chi connectivity index (χ1v) is 6.93. The highest BCUT2D eigenvalue weighted by atomic mass is 16.3. The van der Waals surface area contributed by atoms with E-state index < -0.39 is 0 Å². The van der Waals surface area contributed by atoms with Crippen LogP contribution in [0.2, 0.25) is 0 Å². The van der Waals surface area contributed by atoms with Gasteiger partial charge in [0.05, 0.1) is 5.69 Å². The molecule has 0 unspecified atom stereocenters. The number of furan rings is 1. The summed E-state index contributed by atoms with van der Waals surface area (Å²) in [5, 5.41) is 1.16. The van der Waals surface area contributed by atoms with Crippen LogP contribution >= 0.6 is 0 Å². The number of carbonyl (C=O) groups is 1. The van der Waals surface area contributed by atoms with Gasteiger partial charge in [-0.1, -0.05) is 12.1 Å². The average Bonchev–Trinajstić information content (AvgIpc) is 2.85. The van der Waals surface area contributed by atoms with Gasteiger partial charge in [0.15, 0.2) is 0 Å². The van der Waals surface area contributed by atoms with Crippen molar-refractivity contribution in [1.29, 1.82) is 0 Å². The van der Waals surface area contributed by atoms with Crippen LogP contribution in [0.3, 0.4) is 0 Å². The molecule has 0 N–H and O–H groups in total. The Morgan fingerprint density at radius 3 is 2.79 bits per heavy atom. The minimum atomic E-state index is 0.424. The SMILES string of the molecule is CN(CC1CCC(=O)CC1)c1coc2ccccc12. The van der Waals surface area contributed by atoms with Crippen molar-refractivity contribution in [3.05, 3.63) is 30.5 Å². The van der Waals surface area contributed by atoms with Gasteiger partial charge in [0, 0.05) is 31.8 Å². The zero-order valence-corrected chi connectivity index (χ0v) is 11.3. The summed E-state index contributed by atoms with van der Waals surface area (Å²) in [6, 6.07) is 8.11. The van der Waals surface area contributed by atoms with Gasteiger partial charge in [0.1, 0.15) is 17.6 Å². The predicted octanol–water partition coefficient (Wildman–Crippen LogP) is 3.63. The minimum Gasteiger partial charge on any atom is -0.462 e. The van der Waals surface area contributed by atoms with Crippen LogP contribution in [0.4, 0.5) is 5.69 Å². The number of nitrogens with zero attached hydrogens (tertiary/aromatic N) is 1. The topological polar surface area (TPSA) is 33.5 Å². The molecule has 1 aromatic heterocycles. The Balaban J connectivity index is 1.73. The molecule has 0 bridgehead atoms. The fourth-order valence-corrected chi connectivity index (χ4v) is 2.93. The fourth-order valence-electron chi connectivity index (χ4n) is 2.93. The molecule has 1 fully saturated rings. The van der Waals surface area contributed by atoms with E-state index >= 15 is 0 Å². The van der Waals surface area contributed by atoms with E-state index in [1.54, 1.807) is 0 Å². The lowest BCUT2D eigenvalue weighted by Crippen LogP contribution is -2.28. The van der Waals surface area contributed by atoms with Gasteiger partial charge in [-0.15, -0.1) is 0 Å². The monoisotopic (exact) mass is 257 g/mol. The molecule has 3 heteroatoms. The lowest BCUT2D eigenvalue weighted by Gasteiger charge is -2.27. The number of hydrogen-bond acceptors (Lipinski definition) is 3. The molecule has 19 heavy (non-hydrogen) atoms. The molecule has 0 saturated heterocycles. The van der Waals surface area contributed by atoms with Gasteiger partial charge < -0.3 is 9.32 Å². The van der Waals surface area contributed by atoms with E-state index in [0.29, 0.717) is 11.7 Å². The molecule has 1 aliphatic carbocycles. The van der Waals surface area contributed by atoms with E-state index in [-0.39, 0.29) is 0 Å². The van der Waals surface area contributed by atoms with Crippen LogP contribution in [0.15, 0.2) is 34.9 Å². The van der Waals surface area contributed by atoms with E-state index in [9.17, 15) is 4.79 Å². The summed E-state index contributed by atoms with van der Waals surface area (Å²) >= 11 is 0. The number of anilines is 1. The van der Waals surface area contributed by atoms with Gasteiger partial charge in [0.25, 0.3) is 0 Å². The molecule has 0 spiro atoms. The summed E-state index contributed by atoms with van der Waals surface area (Å²) in [5.41, 5.74) is 2.08. The number of para-hydroxylation sites is 1. The molecule has 3 rings (SSSR count). The number of carbonyl (C=O) groups excluding carboxylic acids is 1. The number of ketones is 1. The lowest BCUT2D eigenvalue weighted by atomic mass is 9.88. The van der Waals surface area contributed by atoms with Gasteiger partial charge in [-0.2, -0.15) is 0 Å². The lowest BCUT2D eigenvalue weighted by molar-refractivity contribution is -0.120. The highest BCUT2D eigenvalue weighted by molar-refractivity contribution is 5.90. The zero-order valence-electron chi connectivity index (χ0n) is 11.3. The molecular weight excluding hydrogens is 238 g/mol. The highest BCUT2D eigenvalue weighted by Crippen LogP contribution is 2.30. The van der Waals surface area contributed by atoms with Crippen LogP contribution in [0, 0.1) is 5.92 Å². The second-order valence-corrected chi connectivity index (χ2v) is 5.48. The van der Waals surface area contributed by atoms with Crippen molar-refractivity contribution < 1.29 is 9.21 Å². The first-order chi connectivity index (χ1) is 9.24. The van der Waals surface area contributed by atoms with E-state index in [4.69, 9.17) is 4.42 Å².